The normalized spacial score (nSPS) is 20.1. The van der Waals surface area contributed by atoms with Gasteiger partial charge in [-0.1, -0.05) is 42.2 Å². The monoisotopic (exact) mass is 408 g/mol. The van der Waals surface area contributed by atoms with Crippen molar-refractivity contribution in [1.82, 2.24) is 4.90 Å². The molecular weight excluding hydrogens is 384 g/mol. The Morgan fingerprint density at radius 2 is 1.77 bits per heavy atom. The van der Waals surface area contributed by atoms with E-state index in [1.165, 1.54) is 4.90 Å². The molecule has 7 nitrogen and oxygen atoms in total. The first kappa shape index (κ1) is 20.0. The quantitative estimate of drug-likeness (QED) is 0.422. The fourth-order valence-electron chi connectivity index (χ4n) is 3.77. The van der Waals surface area contributed by atoms with Gasteiger partial charge < -0.3 is 24.4 Å². The number of likely N-dealkylation sites (tertiary alicyclic amines) is 1. The summed E-state index contributed by atoms with van der Waals surface area (Å²) in [4.78, 5) is 28.4. The number of nitrogens with zero attached hydrogens (tertiary/aromatic N) is 1. The fourth-order valence-corrected chi connectivity index (χ4v) is 3.77. The van der Waals surface area contributed by atoms with Crippen LogP contribution in [0.3, 0.4) is 0 Å². The topological polar surface area (TPSA) is 83.3 Å². The molecule has 2 aromatic rings. The average Bonchev–Trinajstić information content (AvgIpc) is 3.02. The van der Waals surface area contributed by atoms with Crippen LogP contribution in [0.15, 0.2) is 54.1 Å². The predicted octanol–water partition coefficient (Wildman–Crippen LogP) is -0.174. The molecule has 2 aromatic carbocycles. The van der Waals surface area contributed by atoms with Crippen LogP contribution in [0.4, 0.5) is 0 Å². The van der Waals surface area contributed by atoms with Crippen molar-refractivity contribution in [3.63, 3.8) is 0 Å². The van der Waals surface area contributed by atoms with Crippen LogP contribution in [0, 0.1) is 0 Å². The number of ketones is 1. The molecule has 1 unspecified atom stereocenters. The number of hydrogen-bond acceptors (Lipinski definition) is 5. The van der Waals surface area contributed by atoms with E-state index in [1.54, 1.807) is 18.2 Å². The van der Waals surface area contributed by atoms with Crippen molar-refractivity contribution in [3.8, 4) is 11.5 Å². The van der Waals surface area contributed by atoms with Gasteiger partial charge in [-0.2, -0.15) is 0 Å². The van der Waals surface area contributed by atoms with Crippen molar-refractivity contribution in [1.29, 1.82) is 0 Å². The number of quaternary nitrogens is 1. The number of fused-ring (bicyclic) bond motifs is 1. The summed E-state index contributed by atoms with van der Waals surface area (Å²) in [6.45, 7) is 1.88. The first-order valence-corrected chi connectivity index (χ1v) is 9.98. The first-order chi connectivity index (χ1) is 14.5. The Bertz CT molecular complexity index is 1000. The van der Waals surface area contributed by atoms with E-state index in [4.69, 9.17) is 9.47 Å². The van der Waals surface area contributed by atoms with Crippen LogP contribution >= 0.6 is 0 Å². The minimum Gasteiger partial charge on any atom is -0.872 e. The Morgan fingerprint density at radius 3 is 2.47 bits per heavy atom. The number of Topliss-reactive ketones (excluding diaryl/α,β-unsaturated/α-hetero) is 1. The lowest BCUT2D eigenvalue weighted by atomic mass is 9.95. The highest BCUT2D eigenvalue weighted by Gasteiger charge is 2.44. The maximum atomic E-state index is 13.4. The molecule has 1 fully saturated rings. The van der Waals surface area contributed by atoms with Crippen LogP contribution in [-0.4, -0.2) is 57.0 Å². The number of ether oxygens (including phenoxy) is 2. The summed E-state index contributed by atoms with van der Waals surface area (Å²) >= 11 is 0. The third-order valence-corrected chi connectivity index (χ3v) is 5.30. The van der Waals surface area contributed by atoms with Crippen molar-refractivity contribution in [3.05, 3.63) is 65.2 Å². The highest BCUT2D eigenvalue weighted by atomic mass is 16.6. The van der Waals surface area contributed by atoms with Crippen LogP contribution in [0.2, 0.25) is 0 Å². The Balaban J connectivity index is 1.81. The third-order valence-electron chi connectivity index (χ3n) is 5.30. The Morgan fingerprint density at radius 1 is 1.07 bits per heavy atom. The molecule has 0 bridgehead atoms. The molecule has 0 aliphatic carbocycles. The van der Waals surface area contributed by atoms with Crippen LogP contribution in [-0.2, 0) is 9.59 Å². The lowest BCUT2D eigenvalue weighted by molar-refractivity contribution is -0.857. The second-order valence-electron chi connectivity index (χ2n) is 7.70. The van der Waals surface area contributed by atoms with Gasteiger partial charge in [-0.3, -0.25) is 9.59 Å². The van der Waals surface area contributed by atoms with E-state index < -0.39 is 23.5 Å². The van der Waals surface area contributed by atoms with Gasteiger partial charge in [0.05, 0.1) is 33.2 Å². The van der Waals surface area contributed by atoms with Gasteiger partial charge in [0.2, 0.25) is 5.78 Å². The van der Waals surface area contributed by atoms with Crippen molar-refractivity contribution in [2.24, 2.45) is 0 Å². The van der Waals surface area contributed by atoms with Gasteiger partial charge in [0.25, 0.3) is 5.91 Å². The number of likely N-dealkylation sites (N-methyl/N-ethyl adjacent to an activating group) is 1. The molecule has 1 amide bonds. The van der Waals surface area contributed by atoms with Gasteiger partial charge in [-0.25, -0.2) is 0 Å². The highest BCUT2D eigenvalue weighted by Crippen LogP contribution is 2.39. The highest BCUT2D eigenvalue weighted by molar-refractivity contribution is 6.46. The first-order valence-electron chi connectivity index (χ1n) is 9.98. The van der Waals surface area contributed by atoms with E-state index >= 15 is 0 Å². The van der Waals surface area contributed by atoms with Gasteiger partial charge in [-0.15, -0.1) is 0 Å². The summed E-state index contributed by atoms with van der Waals surface area (Å²) in [7, 11) is 3.95. The fraction of sp³-hybridized carbons (Fsp3) is 0.304. The van der Waals surface area contributed by atoms with Crippen molar-refractivity contribution in [2.45, 2.75) is 6.04 Å². The zero-order valence-corrected chi connectivity index (χ0v) is 17.0. The number of carbonyl (C=O) groups excluding carboxylic acids is 2. The lowest BCUT2D eigenvalue weighted by Gasteiger charge is -2.28. The molecule has 30 heavy (non-hydrogen) atoms. The Kier molecular flexibility index (Phi) is 5.46. The molecule has 4 rings (SSSR count). The molecule has 1 N–H and O–H groups in total. The van der Waals surface area contributed by atoms with E-state index in [0.717, 1.165) is 10.5 Å². The Hall–Kier alpha value is -3.32. The van der Waals surface area contributed by atoms with E-state index in [0.29, 0.717) is 43.4 Å². The molecule has 7 heteroatoms. The predicted molar refractivity (Wildman–Crippen MR) is 108 cm³/mol. The minimum absolute atomic E-state index is 0.0170. The summed E-state index contributed by atoms with van der Waals surface area (Å²) in [5.74, 6) is -0.803. The summed E-state index contributed by atoms with van der Waals surface area (Å²) in [5.41, 5.74) is 1.03. The minimum atomic E-state index is -0.738. The van der Waals surface area contributed by atoms with E-state index in [-0.39, 0.29) is 5.57 Å². The third kappa shape index (κ3) is 3.64. The standard InChI is InChI=1S/C23H24N2O5/c1-24(2)10-11-25-20(15-6-4-3-5-7-15)19(22(27)23(25)28)21(26)16-8-9-17-18(14-16)30-13-12-29-17/h3-9,14,20,26H,10-13H2,1-2H3. The van der Waals surface area contributed by atoms with Gasteiger partial charge in [0, 0.05) is 5.57 Å². The zero-order chi connectivity index (χ0) is 21.3. The molecule has 1 saturated heterocycles. The van der Waals surface area contributed by atoms with Gasteiger partial charge in [0.1, 0.15) is 13.2 Å². The average molecular weight is 408 g/mol. The Labute approximate surface area is 175 Å². The molecular formula is C23H24N2O5. The number of amides is 1. The summed E-state index contributed by atoms with van der Waals surface area (Å²) in [6, 6.07) is 13.4. The maximum Gasteiger partial charge on any atom is 0.295 e. The van der Waals surface area contributed by atoms with Crippen LogP contribution < -0.4 is 19.5 Å². The SMILES string of the molecule is C[NH+](C)CCN1C(=O)C(=O)C(=C([O-])c2ccc3c(c2)OCCO3)C1c1ccccc1. The maximum absolute atomic E-state index is 13.4. The smallest absolute Gasteiger partial charge is 0.295 e. The largest absolute Gasteiger partial charge is 0.872 e. The van der Waals surface area contributed by atoms with Crippen LogP contribution in [0.5, 0.6) is 11.5 Å². The molecule has 2 aliphatic rings. The van der Waals surface area contributed by atoms with Gasteiger partial charge in [0.15, 0.2) is 11.5 Å². The number of nitrogens with one attached hydrogen (secondary N) is 1. The zero-order valence-electron chi connectivity index (χ0n) is 17.0. The summed E-state index contributed by atoms with van der Waals surface area (Å²) in [6.07, 6.45) is 0. The molecule has 0 radical (unpaired) electrons. The van der Waals surface area contributed by atoms with Gasteiger partial charge in [-0.05, 0) is 23.3 Å². The van der Waals surface area contributed by atoms with Gasteiger partial charge >= 0.3 is 0 Å². The molecule has 2 aliphatic heterocycles. The molecule has 0 aromatic heterocycles. The lowest BCUT2D eigenvalue weighted by Crippen LogP contribution is -3.06. The van der Waals surface area contributed by atoms with Crippen molar-refractivity contribution in [2.75, 3.05) is 40.4 Å². The number of rotatable bonds is 5. The second-order valence-corrected chi connectivity index (χ2v) is 7.70. The number of benzene rings is 2. The molecule has 1 atom stereocenters. The molecule has 156 valence electrons. The van der Waals surface area contributed by atoms with E-state index in [1.807, 2.05) is 44.4 Å². The molecule has 0 saturated carbocycles. The second kappa shape index (κ2) is 8.20. The van der Waals surface area contributed by atoms with E-state index in [2.05, 4.69) is 0 Å². The summed E-state index contributed by atoms with van der Waals surface area (Å²) in [5, 5.41) is 13.4. The number of hydrogen-bond donors (Lipinski definition) is 1. The summed E-state index contributed by atoms with van der Waals surface area (Å²) < 4.78 is 11.1. The van der Waals surface area contributed by atoms with Crippen LogP contribution in [0.25, 0.3) is 5.76 Å². The van der Waals surface area contributed by atoms with Crippen molar-refractivity contribution >= 4 is 17.4 Å². The van der Waals surface area contributed by atoms with Crippen LogP contribution in [0.1, 0.15) is 17.2 Å². The number of carbonyl (C=O) groups is 2. The molecule has 2 heterocycles. The van der Waals surface area contributed by atoms with E-state index in [9.17, 15) is 14.7 Å². The van der Waals surface area contributed by atoms with Crippen molar-refractivity contribution < 1.29 is 29.1 Å². The molecule has 0 spiro atoms.